The molecule has 1 heterocycles. The molecule has 0 atom stereocenters. The molecule has 0 spiro atoms. The predicted octanol–water partition coefficient (Wildman–Crippen LogP) is 3.19. The van der Waals surface area contributed by atoms with Gasteiger partial charge < -0.3 is 9.47 Å². The summed E-state index contributed by atoms with van der Waals surface area (Å²) in [6, 6.07) is 15.8. The first-order valence-corrected chi connectivity index (χ1v) is 7.89. The molecule has 1 saturated heterocycles. The van der Waals surface area contributed by atoms with E-state index in [1.54, 1.807) is 48.5 Å². The first-order chi connectivity index (χ1) is 11.5. The third-order valence-corrected chi connectivity index (χ3v) is 3.93. The van der Waals surface area contributed by atoms with E-state index >= 15 is 0 Å². The summed E-state index contributed by atoms with van der Waals surface area (Å²) < 4.78 is 11.5. The van der Waals surface area contributed by atoms with Gasteiger partial charge in [-0.3, -0.25) is 5.43 Å². The Labute approximate surface area is 146 Å². The first kappa shape index (κ1) is 16.2. The van der Waals surface area contributed by atoms with Crippen LogP contribution in [0, 0.1) is 0 Å². The zero-order chi connectivity index (χ0) is 17.2. The van der Waals surface area contributed by atoms with E-state index in [0.29, 0.717) is 11.3 Å². The number of esters is 2. The molecule has 6 nitrogen and oxygen atoms in total. The molecule has 0 radical (unpaired) electrons. The molecular weight excluding hydrogens is 376 g/mol. The second-order valence-electron chi connectivity index (χ2n) is 5.17. The summed E-state index contributed by atoms with van der Waals surface area (Å²) in [4.78, 5) is 24.3. The molecule has 2 aromatic carbocycles. The number of hydrogen-bond donors (Lipinski definition) is 1. The molecule has 0 amide bonds. The van der Waals surface area contributed by atoms with Gasteiger partial charge in [-0.05, 0) is 24.3 Å². The Morgan fingerprint density at radius 3 is 2.12 bits per heavy atom. The lowest BCUT2D eigenvalue weighted by Crippen LogP contribution is -2.47. The van der Waals surface area contributed by atoms with Crippen LogP contribution in [0.2, 0.25) is 0 Å². The molecule has 0 bridgehead atoms. The van der Waals surface area contributed by atoms with Crippen LogP contribution in [-0.4, -0.2) is 17.7 Å². The van der Waals surface area contributed by atoms with Crippen LogP contribution >= 0.6 is 15.9 Å². The zero-order valence-electron chi connectivity index (χ0n) is 12.7. The maximum atomic E-state index is 12.2. The maximum absolute atomic E-state index is 12.2. The van der Waals surface area contributed by atoms with Crippen LogP contribution in [0.25, 0.3) is 0 Å². The minimum absolute atomic E-state index is 0.439. The topological polar surface area (TPSA) is 77.0 Å². The van der Waals surface area contributed by atoms with Gasteiger partial charge in [0.2, 0.25) is 0 Å². The number of rotatable bonds is 3. The third-order valence-electron chi connectivity index (χ3n) is 3.40. The average Bonchev–Trinajstić information content (AvgIpc) is 2.56. The van der Waals surface area contributed by atoms with Gasteiger partial charge >= 0.3 is 11.9 Å². The molecule has 2 aromatic rings. The summed E-state index contributed by atoms with van der Waals surface area (Å²) in [5.74, 6) is -3.16. The molecule has 0 saturated carbocycles. The highest BCUT2D eigenvalue weighted by atomic mass is 79.9. The van der Waals surface area contributed by atoms with Gasteiger partial charge in [-0.2, -0.15) is 5.10 Å². The van der Waals surface area contributed by atoms with Gasteiger partial charge in [0.1, 0.15) is 0 Å². The number of halogens is 1. The van der Waals surface area contributed by atoms with Crippen LogP contribution in [0.4, 0.5) is 5.69 Å². The summed E-state index contributed by atoms with van der Waals surface area (Å²) in [6.07, 6.45) is 0. The lowest BCUT2D eigenvalue weighted by atomic mass is 10.1. The van der Waals surface area contributed by atoms with E-state index < -0.39 is 23.4 Å². The summed E-state index contributed by atoms with van der Waals surface area (Å²) in [5, 5.41) is 3.81. The molecule has 0 unspecified atom stereocenters. The summed E-state index contributed by atoms with van der Waals surface area (Å²) in [7, 11) is 0. The number of hydrazone groups is 1. The number of carbonyl (C=O) groups excluding carboxylic acids is 2. The van der Waals surface area contributed by atoms with Crippen molar-refractivity contribution in [3.05, 3.63) is 64.6 Å². The van der Waals surface area contributed by atoms with E-state index in [9.17, 15) is 9.59 Å². The smallest absolute Gasteiger partial charge is 0.370 e. The summed E-state index contributed by atoms with van der Waals surface area (Å²) in [5.41, 5.74) is 3.37. The van der Waals surface area contributed by atoms with E-state index in [-0.39, 0.29) is 0 Å². The van der Waals surface area contributed by atoms with Gasteiger partial charge in [0, 0.05) is 17.0 Å². The lowest BCUT2D eigenvalue weighted by molar-refractivity contribution is -0.226. The van der Waals surface area contributed by atoms with E-state index in [1.807, 2.05) is 6.07 Å². The van der Waals surface area contributed by atoms with Crippen LogP contribution in [0.5, 0.6) is 0 Å². The van der Waals surface area contributed by atoms with Gasteiger partial charge in [-0.25, -0.2) is 9.59 Å². The molecule has 0 aromatic heterocycles. The molecule has 122 valence electrons. The number of nitrogens with one attached hydrogen (secondary N) is 1. The highest BCUT2D eigenvalue weighted by Crippen LogP contribution is 2.30. The molecule has 24 heavy (non-hydrogen) atoms. The van der Waals surface area contributed by atoms with Crippen LogP contribution < -0.4 is 5.43 Å². The number of benzene rings is 2. The monoisotopic (exact) mass is 388 g/mol. The Balaban J connectivity index is 1.79. The highest BCUT2D eigenvalue weighted by Gasteiger charge is 2.45. The number of anilines is 1. The molecule has 7 heteroatoms. The largest absolute Gasteiger partial charge is 0.413 e. The maximum Gasteiger partial charge on any atom is 0.370 e. The van der Waals surface area contributed by atoms with Crippen LogP contribution in [0.1, 0.15) is 12.5 Å². The van der Waals surface area contributed by atoms with Crippen molar-refractivity contribution in [1.29, 1.82) is 0 Å². The number of hydrogen-bond acceptors (Lipinski definition) is 6. The van der Waals surface area contributed by atoms with Crippen molar-refractivity contribution in [2.75, 3.05) is 5.43 Å². The second kappa shape index (κ2) is 6.45. The van der Waals surface area contributed by atoms with E-state index in [4.69, 9.17) is 9.47 Å². The molecule has 0 aliphatic carbocycles. The van der Waals surface area contributed by atoms with Crippen molar-refractivity contribution in [1.82, 2.24) is 0 Å². The molecule has 1 aliphatic heterocycles. The molecular formula is C17H13BrN2O4. The average molecular weight is 389 g/mol. The van der Waals surface area contributed by atoms with Crippen LogP contribution in [0.3, 0.4) is 0 Å². The Hall–Kier alpha value is -2.67. The lowest BCUT2D eigenvalue weighted by Gasteiger charge is -2.32. The fourth-order valence-electron chi connectivity index (χ4n) is 2.15. The Kier molecular flexibility index (Phi) is 4.35. The second-order valence-corrected chi connectivity index (χ2v) is 6.09. The SMILES string of the molecule is CC1(c2ccccc2)OC(=O)C(=NNc2ccc(Br)cc2)C(=O)O1. The third kappa shape index (κ3) is 3.30. The van der Waals surface area contributed by atoms with Crippen LogP contribution in [0.15, 0.2) is 64.2 Å². The first-order valence-electron chi connectivity index (χ1n) is 7.09. The Bertz CT molecular complexity index is 783. The van der Waals surface area contributed by atoms with Gasteiger partial charge in [0.25, 0.3) is 11.5 Å². The van der Waals surface area contributed by atoms with Gasteiger partial charge in [-0.15, -0.1) is 0 Å². The van der Waals surface area contributed by atoms with E-state index in [0.717, 1.165) is 4.47 Å². The fourth-order valence-corrected chi connectivity index (χ4v) is 2.41. The van der Waals surface area contributed by atoms with E-state index in [2.05, 4.69) is 26.5 Å². The molecule has 3 rings (SSSR count). The number of carbonyl (C=O) groups is 2. The standard InChI is InChI=1S/C17H13BrN2O4/c1-17(11-5-3-2-4-6-11)23-15(21)14(16(22)24-17)20-19-13-9-7-12(18)8-10-13/h2-10,19H,1H3. The van der Waals surface area contributed by atoms with Crippen molar-refractivity contribution in [3.8, 4) is 0 Å². The minimum Gasteiger partial charge on any atom is -0.413 e. The van der Waals surface area contributed by atoms with Gasteiger partial charge in [-0.1, -0.05) is 46.3 Å². The molecule has 1 N–H and O–H groups in total. The summed E-state index contributed by atoms with van der Waals surface area (Å²) >= 11 is 3.32. The number of nitrogens with zero attached hydrogens (tertiary/aromatic N) is 1. The van der Waals surface area contributed by atoms with Crippen molar-refractivity contribution >= 4 is 39.3 Å². The normalized spacial score (nSPS) is 20.2. The van der Waals surface area contributed by atoms with Crippen molar-refractivity contribution in [2.45, 2.75) is 12.7 Å². The van der Waals surface area contributed by atoms with Crippen molar-refractivity contribution < 1.29 is 19.1 Å². The number of cyclic esters (lactones) is 2. The highest BCUT2D eigenvalue weighted by molar-refractivity contribution is 9.10. The van der Waals surface area contributed by atoms with Crippen molar-refractivity contribution in [3.63, 3.8) is 0 Å². The zero-order valence-corrected chi connectivity index (χ0v) is 14.2. The molecule has 1 aliphatic rings. The van der Waals surface area contributed by atoms with Crippen LogP contribution in [-0.2, 0) is 24.8 Å². The van der Waals surface area contributed by atoms with Gasteiger partial charge in [0.15, 0.2) is 0 Å². The van der Waals surface area contributed by atoms with Gasteiger partial charge in [0.05, 0.1) is 5.69 Å². The van der Waals surface area contributed by atoms with E-state index in [1.165, 1.54) is 6.92 Å². The number of ether oxygens (including phenoxy) is 2. The quantitative estimate of drug-likeness (QED) is 0.645. The molecule has 1 fully saturated rings. The fraction of sp³-hybridized carbons (Fsp3) is 0.118. The summed E-state index contributed by atoms with van der Waals surface area (Å²) in [6.45, 7) is 1.51. The van der Waals surface area contributed by atoms with Crippen molar-refractivity contribution in [2.24, 2.45) is 5.10 Å². The Morgan fingerprint density at radius 2 is 1.54 bits per heavy atom. The Morgan fingerprint density at radius 1 is 0.958 bits per heavy atom. The minimum atomic E-state index is -1.47. The predicted molar refractivity (Wildman–Crippen MR) is 91.2 cm³/mol.